The quantitative estimate of drug-likeness (QED) is 0.779. The number of hydrogen-bond acceptors (Lipinski definition) is 5. The van der Waals surface area contributed by atoms with E-state index >= 15 is 0 Å². The molecule has 1 aliphatic carbocycles. The van der Waals surface area contributed by atoms with Crippen LogP contribution in [0.15, 0.2) is 36.4 Å². The highest BCUT2D eigenvalue weighted by atomic mass is 16.5. The molecule has 0 aliphatic heterocycles. The van der Waals surface area contributed by atoms with Gasteiger partial charge in [0, 0.05) is 17.5 Å². The number of hydrogen-bond donors (Lipinski definition) is 0. The van der Waals surface area contributed by atoms with Gasteiger partial charge >= 0.3 is 5.97 Å². The summed E-state index contributed by atoms with van der Waals surface area (Å²) in [4.78, 5) is 24.2. The molecule has 0 spiro atoms. The van der Waals surface area contributed by atoms with E-state index in [0.29, 0.717) is 36.3 Å². The zero-order valence-electron chi connectivity index (χ0n) is 14.3. The van der Waals surface area contributed by atoms with Crippen molar-refractivity contribution in [3.8, 4) is 11.5 Å². The van der Waals surface area contributed by atoms with Crippen LogP contribution in [0.25, 0.3) is 0 Å². The molecular formula is C20H20O5. The van der Waals surface area contributed by atoms with Crippen LogP contribution in [0, 0.1) is 0 Å². The van der Waals surface area contributed by atoms with E-state index in [4.69, 9.17) is 14.2 Å². The number of carbonyl (C=O) groups is 2. The lowest BCUT2D eigenvalue weighted by atomic mass is 9.88. The van der Waals surface area contributed by atoms with Gasteiger partial charge < -0.3 is 14.2 Å². The highest BCUT2D eigenvalue weighted by Crippen LogP contribution is 2.34. The Hall–Kier alpha value is -2.82. The van der Waals surface area contributed by atoms with Gasteiger partial charge in [0.1, 0.15) is 23.7 Å². The molecule has 5 heteroatoms. The van der Waals surface area contributed by atoms with Crippen molar-refractivity contribution in [2.45, 2.75) is 25.9 Å². The molecule has 0 N–H and O–H groups in total. The molecule has 130 valence electrons. The third kappa shape index (κ3) is 3.50. The van der Waals surface area contributed by atoms with Crippen LogP contribution >= 0.6 is 0 Å². The number of esters is 1. The van der Waals surface area contributed by atoms with Crippen LogP contribution in [-0.4, -0.2) is 26.0 Å². The van der Waals surface area contributed by atoms with Gasteiger partial charge in [0.25, 0.3) is 0 Å². The number of rotatable bonds is 5. The average molecular weight is 340 g/mol. The van der Waals surface area contributed by atoms with Crippen molar-refractivity contribution in [2.75, 3.05) is 14.2 Å². The Labute approximate surface area is 146 Å². The standard InChI is InChI=1S/C20H20O5/c1-23-14-8-6-13(7-9-14)12-25-19-16-4-3-5-18(21)15(16)10-11-17(19)20(22)24-2/h6-11H,3-5,12H2,1-2H3. The second-order valence-electron chi connectivity index (χ2n) is 5.87. The Kier molecular flexibility index (Phi) is 5.03. The Morgan fingerprint density at radius 3 is 2.48 bits per heavy atom. The summed E-state index contributed by atoms with van der Waals surface area (Å²) in [5.41, 5.74) is 2.73. The van der Waals surface area contributed by atoms with Gasteiger partial charge in [-0.2, -0.15) is 0 Å². The van der Waals surface area contributed by atoms with Crippen molar-refractivity contribution < 1.29 is 23.8 Å². The van der Waals surface area contributed by atoms with E-state index in [2.05, 4.69) is 0 Å². The molecule has 0 bridgehead atoms. The smallest absolute Gasteiger partial charge is 0.341 e. The molecule has 0 amide bonds. The molecule has 0 aromatic heterocycles. The minimum Gasteiger partial charge on any atom is -0.497 e. The number of ether oxygens (including phenoxy) is 3. The summed E-state index contributed by atoms with van der Waals surface area (Å²) in [5.74, 6) is 0.840. The van der Waals surface area contributed by atoms with Crippen LogP contribution in [0.5, 0.6) is 11.5 Å². The first-order valence-corrected chi connectivity index (χ1v) is 8.17. The fourth-order valence-electron chi connectivity index (χ4n) is 3.01. The van der Waals surface area contributed by atoms with Gasteiger partial charge in [0.15, 0.2) is 5.78 Å². The molecule has 0 saturated heterocycles. The van der Waals surface area contributed by atoms with E-state index < -0.39 is 5.97 Å². The molecule has 0 radical (unpaired) electrons. The Balaban J connectivity index is 1.92. The maximum Gasteiger partial charge on any atom is 0.341 e. The maximum atomic E-state index is 12.1. The van der Waals surface area contributed by atoms with Gasteiger partial charge in [0.2, 0.25) is 0 Å². The van der Waals surface area contributed by atoms with Gasteiger partial charge in [0.05, 0.1) is 14.2 Å². The first-order chi connectivity index (χ1) is 12.1. The molecule has 0 fully saturated rings. The summed E-state index contributed by atoms with van der Waals surface area (Å²) >= 11 is 0. The number of ketones is 1. The summed E-state index contributed by atoms with van der Waals surface area (Å²) in [7, 11) is 2.95. The fourth-order valence-corrected chi connectivity index (χ4v) is 3.01. The van der Waals surface area contributed by atoms with Crippen LogP contribution in [0.1, 0.15) is 44.7 Å². The maximum absolute atomic E-state index is 12.1. The monoisotopic (exact) mass is 340 g/mol. The van der Waals surface area contributed by atoms with Gasteiger partial charge in [-0.1, -0.05) is 18.2 Å². The van der Waals surface area contributed by atoms with Crippen molar-refractivity contribution in [3.05, 3.63) is 58.7 Å². The minimum atomic E-state index is -0.467. The van der Waals surface area contributed by atoms with Crippen LogP contribution in [-0.2, 0) is 17.8 Å². The summed E-state index contributed by atoms with van der Waals surface area (Å²) in [6.45, 7) is 0.290. The molecular weight excluding hydrogens is 320 g/mol. The number of fused-ring (bicyclic) bond motifs is 1. The topological polar surface area (TPSA) is 61.8 Å². The summed E-state index contributed by atoms with van der Waals surface area (Å²) in [5, 5.41) is 0. The van der Waals surface area contributed by atoms with E-state index in [1.54, 1.807) is 19.2 Å². The van der Waals surface area contributed by atoms with Crippen molar-refractivity contribution >= 4 is 11.8 Å². The van der Waals surface area contributed by atoms with Gasteiger partial charge in [-0.3, -0.25) is 4.79 Å². The molecule has 25 heavy (non-hydrogen) atoms. The lowest BCUT2D eigenvalue weighted by Crippen LogP contribution is -2.16. The van der Waals surface area contributed by atoms with Gasteiger partial charge in [-0.15, -0.1) is 0 Å². The Morgan fingerprint density at radius 2 is 1.80 bits per heavy atom. The molecule has 0 saturated carbocycles. The normalized spacial score (nSPS) is 13.1. The predicted octanol–water partition coefficient (Wildman–Crippen LogP) is 3.58. The number of methoxy groups -OCH3 is 2. The first-order valence-electron chi connectivity index (χ1n) is 8.17. The average Bonchev–Trinajstić information content (AvgIpc) is 2.66. The lowest BCUT2D eigenvalue weighted by Gasteiger charge is -2.21. The summed E-state index contributed by atoms with van der Waals surface area (Å²) in [6, 6.07) is 10.8. The molecule has 0 heterocycles. The van der Waals surface area contributed by atoms with E-state index in [9.17, 15) is 9.59 Å². The number of benzene rings is 2. The molecule has 5 nitrogen and oxygen atoms in total. The minimum absolute atomic E-state index is 0.0898. The third-order valence-electron chi connectivity index (χ3n) is 4.34. The molecule has 3 rings (SSSR count). The van der Waals surface area contributed by atoms with Crippen LogP contribution in [0.4, 0.5) is 0 Å². The van der Waals surface area contributed by atoms with E-state index in [0.717, 1.165) is 23.3 Å². The first kappa shape index (κ1) is 17.0. The van der Waals surface area contributed by atoms with Crippen LogP contribution in [0.3, 0.4) is 0 Å². The lowest BCUT2D eigenvalue weighted by molar-refractivity contribution is 0.0594. The second-order valence-corrected chi connectivity index (χ2v) is 5.87. The number of Topliss-reactive ketones (excluding diaryl/α,β-unsaturated/α-hetero) is 1. The van der Waals surface area contributed by atoms with Crippen molar-refractivity contribution in [2.24, 2.45) is 0 Å². The van der Waals surface area contributed by atoms with Crippen LogP contribution in [0.2, 0.25) is 0 Å². The molecule has 1 aliphatic rings. The van der Waals surface area contributed by atoms with Crippen LogP contribution < -0.4 is 9.47 Å². The van der Waals surface area contributed by atoms with Gasteiger partial charge in [-0.05, 0) is 36.6 Å². The number of carbonyl (C=O) groups excluding carboxylic acids is 2. The van der Waals surface area contributed by atoms with Crippen molar-refractivity contribution in [1.29, 1.82) is 0 Å². The molecule has 0 unspecified atom stereocenters. The molecule has 2 aromatic rings. The molecule has 2 aromatic carbocycles. The van der Waals surface area contributed by atoms with Crippen molar-refractivity contribution in [3.63, 3.8) is 0 Å². The highest BCUT2D eigenvalue weighted by molar-refractivity contribution is 6.02. The third-order valence-corrected chi connectivity index (χ3v) is 4.34. The SMILES string of the molecule is COC(=O)c1ccc2c(c1OCc1ccc(OC)cc1)CCCC2=O. The van der Waals surface area contributed by atoms with Crippen molar-refractivity contribution in [1.82, 2.24) is 0 Å². The van der Waals surface area contributed by atoms with E-state index in [-0.39, 0.29) is 5.78 Å². The summed E-state index contributed by atoms with van der Waals surface area (Å²) in [6.07, 6.45) is 2.00. The Morgan fingerprint density at radius 1 is 1.04 bits per heavy atom. The van der Waals surface area contributed by atoms with Gasteiger partial charge in [-0.25, -0.2) is 4.79 Å². The predicted molar refractivity (Wildman–Crippen MR) is 92.4 cm³/mol. The second kappa shape index (κ2) is 7.38. The summed E-state index contributed by atoms with van der Waals surface area (Å²) < 4.78 is 16.0. The highest BCUT2D eigenvalue weighted by Gasteiger charge is 2.25. The largest absolute Gasteiger partial charge is 0.497 e. The van der Waals surface area contributed by atoms with E-state index in [1.807, 2.05) is 24.3 Å². The molecule has 0 atom stereocenters. The van der Waals surface area contributed by atoms with E-state index in [1.165, 1.54) is 7.11 Å². The fraction of sp³-hybridized carbons (Fsp3) is 0.300. The Bertz CT molecular complexity index is 792. The zero-order valence-corrected chi connectivity index (χ0v) is 14.3. The zero-order chi connectivity index (χ0) is 17.8.